The smallest absolute Gasteiger partial charge is 0.150 e. The summed E-state index contributed by atoms with van der Waals surface area (Å²) in [6.45, 7) is 6.03. The minimum atomic E-state index is 0.399. The number of imidazole rings is 1. The Hall–Kier alpha value is -2.84. The Morgan fingerprint density at radius 1 is 1.17 bits per heavy atom. The fraction of sp³-hybridized carbons (Fsp3) is 0.263. The van der Waals surface area contributed by atoms with Crippen LogP contribution in [0.25, 0.3) is 5.52 Å². The van der Waals surface area contributed by atoms with Crippen LogP contribution in [0.2, 0.25) is 0 Å². The number of aromatic nitrogens is 3. The molecule has 3 N–H and O–H groups in total. The van der Waals surface area contributed by atoms with E-state index in [0.29, 0.717) is 17.4 Å². The molecule has 1 aliphatic heterocycles. The molecular weight excluding hydrogens is 298 g/mol. The molecule has 0 bridgehead atoms. The zero-order valence-corrected chi connectivity index (χ0v) is 13.8. The van der Waals surface area contributed by atoms with Crippen molar-refractivity contribution in [1.82, 2.24) is 19.7 Å². The van der Waals surface area contributed by atoms with Crippen molar-refractivity contribution >= 4 is 11.3 Å². The minimum absolute atomic E-state index is 0.399. The number of nitrogens with one attached hydrogen (secondary N) is 1. The van der Waals surface area contributed by atoms with Crippen molar-refractivity contribution in [3.63, 3.8) is 0 Å². The van der Waals surface area contributed by atoms with Crippen LogP contribution in [0.5, 0.6) is 0 Å². The van der Waals surface area contributed by atoms with Gasteiger partial charge in [-0.2, -0.15) is 0 Å². The molecule has 5 nitrogen and oxygen atoms in total. The second kappa shape index (κ2) is 5.66. The maximum atomic E-state index is 6.09. The average molecular weight is 317 g/mol. The lowest BCUT2D eigenvalue weighted by Gasteiger charge is -2.25. The van der Waals surface area contributed by atoms with Crippen molar-refractivity contribution in [3.05, 3.63) is 58.8 Å². The van der Waals surface area contributed by atoms with E-state index in [9.17, 15) is 0 Å². The summed E-state index contributed by atoms with van der Waals surface area (Å²) in [5.74, 6) is 8.29. The molecule has 1 saturated heterocycles. The molecule has 0 aliphatic carbocycles. The van der Waals surface area contributed by atoms with Gasteiger partial charge in [-0.3, -0.25) is 4.40 Å². The van der Waals surface area contributed by atoms with Crippen molar-refractivity contribution in [2.45, 2.75) is 19.8 Å². The van der Waals surface area contributed by atoms with Gasteiger partial charge in [0.05, 0.1) is 0 Å². The zero-order chi connectivity index (χ0) is 16.7. The van der Waals surface area contributed by atoms with Crippen LogP contribution in [-0.4, -0.2) is 27.5 Å². The van der Waals surface area contributed by atoms with E-state index in [1.165, 1.54) is 11.1 Å². The molecule has 5 heteroatoms. The molecule has 3 aromatic rings. The Morgan fingerprint density at radius 2 is 1.92 bits per heavy atom. The number of fused-ring (bicyclic) bond motifs is 1. The molecule has 3 heterocycles. The molecule has 0 atom stereocenters. The lowest BCUT2D eigenvalue weighted by Crippen LogP contribution is -2.40. The first-order valence-corrected chi connectivity index (χ1v) is 8.05. The number of anilines is 1. The van der Waals surface area contributed by atoms with Crippen molar-refractivity contribution in [3.8, 4) is 11.8 Å². The third-order valence-electron chi connectivity index (χ3n) is 4.30. The quantitative estimate of drug-likeness (QED) is 0.674. The van der Waals surface area contributed by atoms with Crippen molar-refractivity contribution in [2.24, 2.45) is 0 Å². The summed E-state index contributed by atoms with van der Waals surface area (Å²) >= 11 is 0. The first-order chi connectivity index (χ1) is 11.6. The third kappa shape index (κ3) is 2.51. The molecule has 0 saturated carbocycles. The number of nitrogens with two attached hydrogens (primary N) is 1. The molecule has 1 fully saturated rings. The van der Waals surface area contributed by atoms with Crippen LogP contribution in [0.1, 0.15) is 34.1 Å². The van der Waals surface area contributed by atoms with Crippen LogP contribution >= 0.6 is 0 Å². The van der Waals surface area contributed by atoms with Gasteiger partial charge in [0.15, 0.2) is 5.82 Å². The van der Waals surface area contributed by atoms with Gasteiger partial charge in [-0.25, -0.2) is 9.97 Å². The molecule has 24 heavy (non-hydrogen) atoms. The van der Waals surface area contributed by atoms with Gasteiger partial charge in [0.2, 0.25) is 0 Å². The van der Waals surface area contributed by atoms with E-state index in [4.69, 9.17) is 10.7 Å². The number of nitrogen functional groups attached to an aromatic ring is 1. The van der Waals surface area contributed by atoms with E-state index in [1.54, 1.807) is 6.20 Å². The second-order valence-corrected chi connectivity index (χ2v) is 6.33. The molecule has 0 radical (unpaired) electrons. The van der Waals surface area contributed by atoms with Crippen molar-refractivity contribution in [2.75, 3.05) is 18.8 Å². The van der Waals surface area contributed by atoms with Gasteiger partial charge >= 0.3 is 0 Å². The van der Waals surface area contributed by atoms with E-state index in [1.807, 2.05) is 10.6 Å². The van der Waals surface area contributed by atoms with Gasteiger partial charge in [-0.05, 0) is 43.0 Å². The molecule has 1 aliphatic rings. The SMILES string of the molecule is Cc1cc(C)cc(C#Cc2nc(C3CNC3)n3ccnc(N)c23)c1. The summed E-state index contributed by atoms with van der Waals surface area (Å²) in [6, 6.07) is 6.30. The Balaban J connectivity index is 1.84. The summed E-state index contributed by atoms with van der Waals surface area (Å²) in [5, 5.41) is 3.28. The van der Waals surface area contributed by atoms with E-state index < -0.39 is 0 Å². The predicted molar refractivity (Wildman–Crippen MR) is 94.9 cm³/mol. The van der Waals surface area contributed by atoms with Crippen LogP contribution in [0.3, 0.4) is 0 Å². The summed E-state index contributed by atoms with van der Waals surface area (Å²) in [7, 11) is 0. The van der Waals surface area contributed by atoms with E-state index in [0.717, 1.165) is 30.0 Å². The summed E-state index contributed by atoms with van der Waals surface area (Å²) in [4.78, 5) is 8.96. The number of hydrogen-bond donors (Lipinski definition) is 2. The highest BCUT2D eigenvalue weighted by atomic mass is 15.1. The van der Waals surface area contributed by atoms with Gasteiger partial charge in [0.25, 0.3) is 0 Å². The van der Waals surface area contributed by atoms with E-state index >= 15 is 0 Å². The fourth-order valence-electron chi connectivity index (χ4n) is 3.11. The number of nitrogens with zero attached hydrogens (tertiary/aromatic N) is 3. The molecule has 0 spiro atoms. The molecule has 4 rings (SSSR count). The number of hydrogen-bond acceptors (Lipinski definition) is 4. The van der Waals surface area contributed by atoms with Crippen LogP contribution in [-0.2, 0) is 0 Å². The monoisotopic (exact) mass is 317 g/mol. The lowest BCUT2D eigenvalue weighted by atomic mass is 10.0. The zero-order valence-electron chi connectivity index (χ0n) is 13.8. The topological polar surface area (TPSA) is 68.2 Å². The van der Waals surface area contributed by atoms with Gasteiger partial charge < -0.3 is 11.1 Å². The van der Waals surface area contributed by atoms with Crippen molar-refractivity contribution < 1.29 is 0 Å². The molecule has 0 amide bonds. The fourth-order valence-corrected chi connectivity index (χ4v) is 3.11. The maximum Gasteiger partial charge on any atom is 0.150 e. The Labute approximate surface area is 140 Å². The number of aryl methyl sites for hydroxylation is 2. The first kappa shape index (κ1) is 14.7. The molecular formula is C19H19N5. The Bertz CT molecular complexity index is 966. The molecule has 1 aromatic carbocycles. The third-order valence-corrected chi connectivity index (χ3v) is 4.30. The first-order valence-electron chi connectivity index (χ1n) is 8.05. The normalized spacial score (nSPS) is 14.2. The lowest BCUT2D eigenvalue weighted by molar-refractivity contribution is 0.429. The highest BCUT2D eigenvalue weighted by Gasteiger charge is 2.25. The molecule has 120 valence electrons. The minimum Gasteiger partial charge on any atom is -0.382 e. The number of benzene rings is 1. The van der Waals surface area contributed by atoms with E-state index in [2.05, 4.69) is 54.2 Å². The van der Waals surface area contributed by atoms with Gasteiger partial charge in [0, 0.05) is 37.0 Å². The van der Waals surface area contributed by atoms with Crippen LogP contribution in [0.4, 0.5) is 5.82 Å². The van der Waals surface area contributed by atoms with Crippen LogP contribution < -0.4 is 11.1 Å². The highest BCUT2D eigenvalue weighted by Crippen LogP contribution is 2.24. The largest absolute Gasteiger partial charge is 0.382 e. The van der Waals surface area contributed by atoms with E-state index in [-0.39, 0.29) is 0 Å². The summed E-state index contributed by atoms with van der Waals surface area (Å²) < 4.78 is 2.03. The predicted octanol–water partition coefficient (Wildman–Crippen LogP) is 2.01. The average Bonchev–Trinajstić information content (AvgIpc) is 2.83. The second-order valence-electron chi connectivity index (χ2n) is 6.33. The summed E-state index contributed by atoms with van der Waals surface area (Å²) in [5.41, 5.74) is 11.0. The van der Waals surface area contributed by atoms with Crippen LogP contribution in [0, 0.1) is 25.7 Å². The maximum absolute atomic E-state index is 6.09. The van der Waals surface area contributed by atoms with Gasteiger partial charge in [0.1, 0.15) is 17.0 Å². The highest BCUT2D eigenvalue weighted by molar-refractivity contribution is 5.73. The van der Waals surface area contributed by atoms with Gasteiger partial charge in [-0.1, -0.05) is 12.0 Å². The van der Waals surface area contributed by atoms with Crippen molar-refractivity contribution in [1.29, 1.82) is 0 Å². The van der Waals surface area contributed by atoms with Gasteiger partial charge in [-0.15, -0.1) is 0 Å². The molecule has 0 unspecified atom stereocenters. The standard InChI is InChI=1S/C19H19N5/c1-12-7-13(2)9-14(8-12)3-4-16-17-18(20)22-5-6-24(17)19(23-16)15-10-21-11-15/h5-9,15,21H,10-11H2,1-2H3,(H2,20,22). The Kier molecular flexibility index (Phi) is 3.47. The Morgan fingerprint density at radius 3 is 2.58 bits per heavy atom. The van der Waals surface area contributed by atoms with Crippen LogP contribution in [0.15, 0.2) is 30.6 Å². The summed E-state index contributed by atoms with van der Waals surface area (Å²) in [6.07, 6.45) is 3.62. The molecule has 2 aromatic heterocycles. The number of rotatable bonds is 1.